The predicted molar refractivity (Wildman–Crippen MR) is 188 cm³/mol. The van der Waals surface area contributed by atoms with Crippen LogP contribution in [0.1, 0.15) is 50.4 Å². The van der Waals surface area contributed by atoms with Crippen LogP contribution in [0.15, 0.2) is 114 Å². The van der Waals surface area contributed by atoms with Gasteiger partial charge in [0.15, 0.2) is 0 Å². The fourth-order valence-corrected chi connectivity index (χ4v) is 5.76. The van der Waals surface area contributed by atoms with Gasteiger partial charge in [-0.2, -0.15) is 0 Å². The van der Waals surface area contributed by atoms with Crippen LogP contribution in [0.3, 0.4) is 0 Å². The number of hydrogen-bond acceptors (Lipinski definition) is 5. The molecule has 0 radical (unpaired) electrons. The van der Waals surface area contributed by atoms with Gasteiger partial charge in [-0.05, 0) is 101 Å². The number of aryl methyl sites for hydroxylation is 2. The molecule has 1 aromatic heterocycles. The summed E-state index contributed by atoms with van der Waals surface area (Å²) >= 11 is 3.45. The normalized spacial score (nSPS) is 13.2. The van der Waals surface area contributed by atoms with Gasteiger partial charge in [-0.1, -0.05) is 54.1 Å². The van der Waals surface area contributed by atoms with E-state index in [0.717, 1.165) is 62.3 Å². The monoisotopic (exact) mass is 689 g/mol. The maximum atomic E-state index is 12.8. The minimum atomic E-state index is -0.190. The minimum Gasteiger partial charge on any atom is -0.490 e. The Kier molecular flexibility index (Phi) is 9.97. The Morgan fingerprint density at radius 2 is 1.40 bits per heavy atom. The third-order valence-corrected chi connectivity index (χ3v) is 9.08. The summed E-state index contributed by atoms with van der Waals surface area (Å²) in [5, 5.41) is 2.89. The van der Waals surface area contributed by atoms with Crippen LogP contribution in [0, 0.1) is 13.8 Å². The van der Waals surface area contributed by atoms with Crippen molar-refractivity contribution < 1.29 is 19.1 Å². The van der Waals surface area contributed by atoms with E-state index in [1.54, 1.807) is 6.20 Å². The molecule has 0 spiro atoms. The van der Waals surface area contributed by atoms with E-state index in [1.165, 1.54) is 0 Å². The Morgan fingerprint density at radius 3 is 2.04 bits per heavy atom. The number of benzene rings is 4. The molecule has 0 aliphatic carbocycles. The summed E-state index contributed by atoms with van der Waals surface area (Å²) < 4.78 is 13.1. The van der Waals surface area contributed by atoms with Crippen LogP contribution >= 0.6 is 15.9 Å². The van der Waals surface area contributed by atoms with Gasteiger partial charge >= 0.3 is 0 Å². The molecule has 6 rings (SSSR count). The van der Waals surface area contributed by atoms with E-state index >= 15 is 0 Å². The van der Waals surface area contributed by atoms with Crippen LogP contribution in [0.5, 0.6) is 11.5 Å². The maximum Gasteiger partial charge on any atom is 0.255 e. The predicted octanol–water partition coefficient (Wildman–Crippen LogP) is 8.64. The van der Waals surface area contributed by atoms with Crippen molar-refractivity contribution in [2.45, 2.75) is 39.4 Å². The molecule has 1 fully saturated rings. The molecule has 5 aromatic rings. The number of nitrogens with one attached hydrogen (secondary N) is 1. The first-order valence-corrected chi connectivity index (χ1v) is 16.5. The van der Waals surface area contributed by atoms with E-state index in [9.17, 15) is 9.59 Å². The van der Waals surface area contributed by atoms with Gasteiger partial charge in [0.2, 0.25) is 0 Å². The minimum absolute atomic E-state index is 0.0869. The van der Waals surface area contributed by atoms with Gasteiger partial charge in [-0.3, -0.25) is 14.6 Å². The number of ether oxygens (including phenoxy) is 2. The lowest BCUT2D eigenvalue weighted by Gasteiger charge is -2.32. The highest BCUT2D eigenvalue weighted by molar-refractivity contribution is 9.10. The number of halogens is 1. The zero-order valence-electron chi connectivity index (χ0n) is 26.4. The molecule has 8 heteroatoms. The number of rotatable bonds is 9. The van der Waals surface area contributed by atoms with Gasteiger partial charge in [0.1, 0.15) is 24.2 Å². The first-order valence-electron chi connectivity index (χ1n) is 15.7. The van der Waals surface area contributed by atoms with Crippen molar-refractivity contribution in [1.29, 1.82) is 0 Å². The van der Waals surface area contributed by atoms with Crippen molar-refractivity contribution in [3.8, 4) is 22.6 Å². The molecule has 1 saturated heterocycles. The largest absolute Gasteiger partial charge is 0.490 e. The van der Waals surface area contributed by atoms with E-state index in [4.69, 9.17) is 9.47 Å². The van der Waals surface area contributed by atoms with Crippen LogP contribution in [-0.2, 0) is 6.61 Å². The summed E-state index contributed by atoms with van der Waals surface area (Å²) in [6.45, 7) is 5.74. The SMILES string of the molecule is Cc1ccc(C(=O)N2CCC(Oc3ccc(COc4ccc(-c5ccc(C(=O)Nc6cnc(C)c(Br)c6)cc5)cc4)cc3)CC2)cc1. The summed E-state index contributed by atoms with van der Waals surface area (Å²) in [4.78, 5) is 31.7. The number of carbonyl (C=O) groups excluding carboxylic acids is 2. The number of piperidine rings is 1. The zero-order valence-corrected chi connectivity index (χ0v) is 28.0. The molecule has 0 saturated carbocycles. The average molecular weight is 691 g/mol. The second-order valence-corrected chi connectivity index (χ2v) is 12.6. The number of pyridine rings is 1. The van der Waals surface area contributed by atoms with Crippen molar-refractivity contribution in [3.05, 3.63) is 142 Å². The summed E-state index contributed by atoms with van der Waals surface area (Å²) in [6.07, 6.45) is 3.35. The molecule has 2 amide bonds. The molecule has 4 aromatic carbocycles. The Bertz CT molecular complexity index is 1830. The fourth-order valence-electron chi connectivity index (χ4n) is 5.41. The van der Waals surface area contributed by atoms with Crippen LogP contribution in [-0.4, -0.2) is 40.9 Å². The topological polar surface area (TPSA) is 80.8 Å². The Balaban J connectivity index is 0.951. The number of carbonyl (C=O) groups is 2. The number of nitrogens with zero attached hydrogens (tertiary/aromatic N) is 2. The molecule has 7 nitrogen and oxygen atoms in total. The quantitative estimate of drug-likeness (QED) is 0.168. The molecule has 1 N–H and O–H groups in total. The lowest BCUT2D eigenvalue weighted by atomic mass is 10.0. The Hall–Kier alpha value is -4.95. The van der Waals surface area contributed by atoms with Gasteiger partial charge in [-0.25, -0.2) is 0 Å². The molecule has 0 unspecified atom stereocenters. The fraction of sp³-hybridized carbons (Fsp3) is 0.205. The van der Waals surface area contributed by atoms with Gasteiger partial charge in [0.05, 0.1) is 17.6 Å². The summed E-state index contributed by atoms with van der Waals surface area (Å²) in [5.41, 5.74) is 7.03. The van der Waals surface area contributed by atoms with Gasteiger partial charge in [0, 0.05) is 41.5 Å². The van der Waals surface area contributed by atoms with Crippen molar-refractivity contribution in [2.75, 3.05) is 18.4 Å². The number of anilines is 1. The van der Waals surface area contributed by atoms with Gasteiger partial charge < -0.3 is 19.7 Å². The molecular formula is C39H36BrN3O4. The van der Waals surface area contributed by atoms with E-state index in [1.807, 2.05) is 122 Å². The van der Waals surface area contributed by atoms with Crippen molar-refractivity contribution in [2.24, 2.45) is 0 Å². The van der Waals surface area contributed by atoms with E-state index in [0.29, 0.717) is 30.9 Å². The van der Waals surface area contributed by atoms with Gasteiger partial charge in [-0.15, -0.1) is 0 Å². The Labute approximate surface area is 283 Å². The second kappa shape index (κ2) is 14.6. The third kappa shape index (κ3) is 8.26. The third-order valence-electron chi connectivity index (χ3n) is 8.28. The molecule has 1 aliphatic rings. The van der Waals surface area contributed by atoms with Crippen LogP contribution in [0.2, 0.25) is 0 Å². The van der Waals surface area contributed by atoms with Crippen LogP contribution in [0.25, 0.3) is 11.1 Å². The average Bonchev–Trinajstić information content (AvgIpc) is 3.10. The van der Waals surface area contributed by atoms with E-state index in [-0.39, 0.29) is 17.9 Å². The summed E-state index contributed by atoms with van der Waals surface area (Å²) in [7, 11) is 0. The number of amides is 2. The summed E-state index contributed by atoms with van der Waals surface area (Å²) in [5.74, 6) is 1.49. The molecule has 47 heavy (non-hydrogen) atoms. The first kappa shape index (κ1) is 32.0. The molecule has 0 atom stereocenters. The molecule has 0 bridgehead atoms. The molecule has 2 heterocycles. The van der Waals surface area contributed by atoms with Crippen molar-refractivity contribution >= 4 is 33.4 Å². The first-order chi connectivity index (χ1) is 22.8. The maximum absolute atomic E-state index is 12.8. The van der Waals surface area contributed by atoms with Crippen molar-refractivity contribution in [1.82, 2.24) is 9.88 Å². The van der Waals surface area contributed by atoms with Gasteiger partial charge in [0.25, 0.3) is 11.8 Å². The second-order valence-electron chi connectivity index (χ2n) is 11.8. The molecular weight excluding hydrogens is 654 g/mol. The zero-order chi connectivity index (χ0) is 32.8. The van der Waals surface area contributed by atoms with E-state index < -0.39 is 0 Å². The lowest BCUT2D eigenvalue weighted by molar-refractivity contribution is 0.0595. The standard InChI is InChI=1S/C39H36BrN3O4/c1-26-3-7-32(8-4-26)39(45)43-21-19-36(20-22-43)47-35-15-5-28(6-16-35)25-46-34-17-13-30(14-18-34)29-9-11-31(12-10-29)38(44)42-33-23-37(40)27(2)41-24-33/h3-18,23-24,36H,19-22,25H2,1-2H3,(H,42,44). The molecule has 238 valence electrons. The lowest BCUT2D eigenvalue weighted by Crippen LogP contribution is -2.41. The number of aromatic nitrogens is 1. The van der Waals surface area contributed by atoms with E-state index in [2.05, 4.69) is 26.2 Å². The van der Waals surface area contributed by atoms with Crippen LogP contribution < -0.4 is 14.8 Å². The highest BCUT2D eigenvalue weighted by Crippen LogP contribution is 2.25. The number of likely N-dealkylation sites (tertiary alicyclic amines) is 1. The van der Waals surface area contributed by atoms with Crippen LogP contribution in [0.4, 0.5) is 5.69 Å². The Morgan fingerprint density at radius 1 is 0.809 bits per heavy atom. The highest BCUT2D eigenvalue weighted by atomic mass is 79.9. The summed E-state index contributed by atoms with van der Waals surface area (Å²) in [6, 6.07) is 33.0. The smallest absolute Gasteiger partial charge is 0.255 e. The van der Waals surface area contributed by atoms with Crippen molar-refractivity contribution in [3.63, 3.8) is 0 Å². The molecule has 1 aliphatic heterocycles. The number of hydrogen-bond donors (Lipinski definition) is 1. The highest BCUT2D eigenvalue weighted by Gasteiger charge is 2.24.